The first kappa shape index (κ1) is 24.2. The topological polar surface area (TPSA) is 157 Å². The molecule has 170 valence electrons. The molecule has 15 heteroatoms. The molecule has 4 aliphatic rings. The van der Waals surface area contributed by atoms with E-state index < -0.39 is 71.7 Å². The molecule has 4 rings (SSSR count). The number of hydrogen-bond acceptors (Lipinski definition) is 11. The van der Waals surface area contributed by atoms with Gasteiger partial charge in [0, 0.05) is 6.00 Å². The molecule has 4 heterocycles. The lowest BCUT2D eigenvalue weighted by Crippen LogP contribution is -2.45. The van der Waals surface area contributed by atoms with E-state index in [4.69, 9.17) is 47.7 Å². The van der Waals surface area contributed by atoms with Crippen molar-refractivity contribution in [3.05, 3.63) is 0 Å². The van der Waals surface area contributed by atoms with E-state index in [0.29, 0.717) is 0 Å². The van der Waals surface area contributed by atoms with Gasteiger partial charge in [0.2, 0.25) is 0 Å². The Hall–Kier alpha value is 0.0448. The molecule has 4 fully saturated rings. The van der Waals surface area contributed by atoms with Crippen molar-refractivity contribution in [3.63, 3.8) is 0 Å². The van der Waals surface area contributed by atoms with Gasteiger partial charge in [0.05, 0.1) is 49.9 Å². The van der Waals surface area contributed by atoms with E-state index in [9.17, 15) is 25.5 Å². The van der Waals surface area contributed by atoms with Crippen LogP contribution >= 0.6 is 11.6 Å². The normalized spacial score (nSPS) is 51.5. The van der Waals surface area contributed by atoms with Crippen LogP contribution in [0.4, 0.5) is 0 Å². The first-order chi connectivity index (χ1) is 14.8. The Morgan fingerprint density at radius 1 is 0.968 bits per heavy atom. The Labute approximate surface area is 186 Å². The first-order valence-electron chi connectivity index (χ1n) is 10.0. The van der Waals surface area contributed by atoms with Gasteiger partial charge >= 0.3 is 15.0 Å². The highest BCUT2D eigenvalue weighted by molar-refractivity contribution is 6.35. The van der Waals surface area contributed by atoms with Crippen LogP contribution in [0.5, 0.6) is 0 Å². The third-order valence-corrected chi connectivity index (χ3v) is 6.57. The average molecular weight is 460 g/mol. The predicted octanol–water partition coefficient (Wildman–Crippen LogP) is -4.59. The molecule has 0 aromatic carbocycles. The summed E-state index contributed by atoms with van der Waals surface area (Å²) in [4.78, 5) is 0. The molecule has 0 saturated carbocycles. The smallest absolute Gasteiger partial charge is 0.327 e. The molecule has 0 amide bonds. The highest BCUT2D eigenvalue weighted by atomic mass is 35.5. The average Bonchev–Trinajstić information content (AvgIpc) is 3.40. The monoisotopic (exact) mass is 460 g/mol. The number of fused-ring (bicyclic) bond motifs is 2. The lowest BCUT2D eigenvalue weighted by molar-refractivity contribution is -0.140. The van der Waals surface area contributed by atoms with Gasteiger partial charge in [-0.15, -0.1) is 11.6 Å². The van der Waals surface area contributed by atoms with Crippen molar-refractivity contribution < 1.29 is 53.8 Å². The number of halogens is 1. The van der Waals surface area contributed by atoms with Gasteiger partial charge < -0.3 is 53.8 Å². The predicted molar refractivity (Wildman–Crippen MR) is 105 cm³/mol. The summed E-state index contributed by atoms with van der Waals surface area (Å²) in [6.07, 6.45) is -6.60. The van der Waals surface area contributed by atoms with Gasteiger partial charge in [-0.25, -0.2) is 0 Å². The van der Waals surface area contributed by atoms with Gasteiger partial charge in [0.25, 0.3) is 0 Å². The molecule has 12 atom stereocenters. The zero-order valence-electron chi connectivity index (χ0n) is 16.5. The van der Waals surface area contributed by atoms with Gasteiger partial charge in [0.1, 0.15) is 50.1 Å². The van der Waals surface area contributed by atoms with Crippen molar-refractivity contribution in [2.45, 2.75) is 71.7 Å². The van der Waals surface area contributed by atoms with Crippen LogP contribution in [0.25, 0.3) is 0 Å². The van der Waals surface area contributed by atoms with Crippen LogP contribution in [0.3, 0.4) is 0 Å². The van der Waals surface area contributed by atoms with Crippen molar-refractivity contribution in [1.82, 2.24) is 0 Å². The van der Waals surface area contributed by atoms with Gasteiger partial charge in [-0.2, -0.15) is 0 Å². The zero-order valence-corrected chi connectivity index (χ0v) is 17.2. The second-order valence-electron chi connectivity index (χ2n) is 8.16. The van der Waals surface area contributed by atoms with Crippen LogP contribution in [0, 0.1) is 0 Å². The number of rotatable bonds is 9. The highest BCUT2D eigenvalue weighted by Gasteiger charge is 2.61. The largest absolute Gasteiger partial charge is 0.435 e. The van der Waals surface area contributed by atoms with Crippen molar-refractivity contribution in [1.29, 1.82) is 0 Å². The van der Waals surface area contributed by atoms with E-state index in [0.717, 1.165) is 0 Å². The molecule has 0 unspecified atom stereocenters. The maximum atomic E-state index is 10.3. The second-order valence-corrected chi connectivity index (χ2v) is 8.66. The van der Waals surface area contributed by atoms with E-state index in [1.165, 1.54) is 15.0 Å². The minimum Gasteiger partial charge on any atom is -0.435 e. The van der Waals surface area contributed by atoms with Crippen molar-refractivity contribution in [2.24, 2.45) is 0 Å². The summed E-state index contributed by atoms with van der Waals surface area (Å²) in [7, 11) is 8.13. The maximum Gasteiger partial charge on any atom is 0.327 e. The van der Waals surface area contributed by atoms with Crippen molar-refractivity contribution in [3.8, 4) is 0 Å². The van der Waals surface area contributed by atoms with E-state index >= 15 is 0 Å². The Morgan fingerprint density at radius 3 is 2.19 bits per heavy atom. The third-order valence-electron chi connectivity index (χ3n) is 6.07. The molecular weight excluding hydrogens is 436 g/mol. The second kappa shape index (κ2) is 9.73. The molecule has 4 radical (unpaired) electrons. The summed E-state index contributed by atoms with van der Waals surface area (Å²) >= 11 is 6.21. The summed E-state index contributed by atoms with van der Waals surface area (Å²) in [6, 6.07) is -2.43. The molecule has 2 bridgehead atoms. The SMILES string of the molecule is [B][C@@H]1O[C@H](CO[B][C@@H]2O[C@H](CO[B][C@@H]3O[C@@]4(CO)CO[C@@H]3[C@@H]4O)[C@@H](O)[C@H]2Cl)[C@H](O)[C@H]1O. The molecular formula is C16H24B3ClO11. The maximum absolute atomic E-state index is 10.3. The fourth-order valence-electron chi connectivity index (χ4n) is 4.12. The third kappa shape index (κ3) is 4.55. The highest BCUT2D eigenvalue weighted by Crippen LogP contribution is 2.39. The van der Waals surface area contributed by atoms with E-state index in [-0.39, 0.29) is 26.4 Å². The van der Waals surface area contributed by atoms with Crippen LogP contribution in [-0.2, 0) is 28.3 Å². The number of ether oxygens (including phenoxy) is 4. The lowest BCUT2D eigenvalue weighted by atomic mass is 9.85. The summed E-state index contributed by atoms with van der Waals surface area (Å²) in [5.41, 5.74) is -1.15. The van der Waals surface area contributed by atoms with Crippen LogP contribution < -0.4 is 0 Å². The number of aliphatic hydroxyl groups is 5. The summed E-state index contributed by atoms with van der Waals surface area (Å²) in [5.74, 6) is 0. The Balaban J connectivity index is 1.18. The van der Waals surface area contributed by atoms with Crippen LogP contribution in [0.2, 0.25) is 0 Å². The molecule has 5 N–H and O–H groups in total. The standard InChI is InChI=1S/C16H24B3ClO11/c17-13-10(24)9(23)6(29-13)2-27-18-14-7(20)8(22)5(30-14)1-28-19-15-11-12(25)16(3-21,31-15)4-26-11/h5-15,21-25H,1-4H2/t5-,6-,7-,8-,9+,10-,11-,12+,13-,14-,15-,16+/m1/s1. The van der Waals surface area contributed by atoms with Gasteiger partial charge in [-0.3, -0.25) is 0 Å². The zero-order chi connectivity index (χ0) is 22.3. The molecule has 0 aromatic heterocycles. The summed E-state index contributed by atoms with van der Waals surface area (Å²) < 4.78 is 32.8. The Bertz CT molecular complexity index is 625. The van der Waals surface area contributed by atoms with E-state index in [2.05, 4.69) is 0 Å². The minimum atomic E-state index is -1.20. The van der Waals surface area contributed by atoms with Crippen molar-refractivity contribution >= 4 is 34.4 Å². The fourth-order valence-corrected chi connectivity index (χ4v) is 4.40. The van der Waals surface area contributed by atoms with Gasteiger partial charge in [-0.05, 0) is 0 Å². The molecule has 0 aliphatic carbocycles. The Morgan fingerprint density at radius 2 is 1.61 bits per heavy atom. The molecule has 0 spiro atoms. The molecule has 0 aromatic rings. The van der Waals surface area contributed by atoms with Gasteiger partial charge in [-0.1, -0.05) is 0 Å². The minimum absolute atomic E-state index is 0.0466. The van der Waals surface area contributed by atoms with Crippen molar-refractivity contribution in [2.75, 3.05) is 26.4 Å². The molecule has 4 saturated heterocycles. The molecule has 31 heavy (non-hydrogen) atoms. The number of alkyl halides is 1. The molecule has 11 nitrogen and oxygen atoms in total. The quantitative estimate of drug-likeness (QED) is 0.167. The van der Waals surface area contributed by atoms with Crippen LogP contribution in [0.15, 0.2) is 0 Å². The number of hydrogen-bond donors (Lipinski definition) is 5. The van der Waals surface area contributed by atoms with Crippen LogP contribution in [-0.4, -0.2) is 146 Å². The fraction of sp³-hybridized carbons (Fsp3) is 1.00. The lowest BCUT2D eigenvalue weighted by Gasteiger charge is -2.28. The first-order valence-corrected chi connectivity index (χ1v) is 10.4. The Kier molecular flexibility index (Phi) is 7.59. The molecule has 4 aliphatic heterocycles. The van der Waals surface area contributed by atoms with E-state index in [1.54, 1.807) is 0 Å². The summed E-state index contributed by atoms with van der Waals surface area (Å²) in [6.45, 7) is -0.410. The number of aliphatic hydroxyl groups excluding tert-OH is 5. The van der Waals surface area contributed by atoms with E-state index in [1.807, 2.05) is 0 Å². The summed E-state index contributed by atoms with van der Waals surface area (Å²) in [5, 5.41) is 48.5. The van der Waals surface area contributed by atoms with Gasteiger partial charge in [0.15, 0.2) is 0 Å². The van der Waals surface area contributed by atoms with Crippen LogP contribution in [0.1, 0.15) is 0 Å².